The van der Waals surface area contributed by atoms with Gasteiger partial charge < -0.3 is 9.84 Å². The van der Waals surface area contributed by atoms with E-state index in [1.807, 2.05) is 56.3 Å². The molecule has 0 unspecified atom stereocenters. The summed E-state index contributed by atoms with van der Waals surface area (Å²) in [5, 5.41) is 18.3. The second kappa shape index (κ2) is 8.30. The van der Waals surface area contributed by atoms with Crippen LogP contribution in [-0.2, 0) is 0 Å². The summed E-state index contributed by atoms with van der Waals surface area (Å²) in [6.07, 6.45) is 0. The Kier molecular flexibility index (Phi) is 5.30. The molecule has 0 bridgehead atoms. The van der Waals surface area contributed by atoms with Gasteiger partial charge in [0.25, 0.3) is 5.91 Å². The maximum Gasteiger partial charge on any atom is 0.277 e. The van der Waals surface area contributed by atoms with E-state index in [4.69, 9.17) is 16.3 Å². The number of anilines is 1. The van der Waals surface area contributed by atoms with E-state index in [9.17, 15) is 9.90 Å². The Morgan fingerprint density at radius 1 is 1.09 bits per heavy atom. The second-order valence-corrected chi connectivity index (χ2v) is 8.38. The van der Waals surface area contributed by atoms with Gasteiger partial charge >= 0.3 is 0 Å². The highest BCUT2D eigenvalue weighted by Gasteiger charge is 2.43. The molecule has 0 saturated heterocycles. The summed E-state index contributed by atoms with van der Waals surface area (Å²) in [4.78, 5) is 15.3. The smallest absolute Gasteiger partial charge is 0.277 e. The lowest BCUT2D eigenvalue weighted by Gasteiger charge is -2.27. The van der Waals surface area contributed by atoms with Crippen molar-refractivity contribution in [2.45, 2.75) is 19.9 Å². The normalized spacial score (nSPS) is 15.1. The molecule has 5 rings (SSSR count). The Morgan fingerprint density at radius 2 is 1.82 bits per heavy atom. The van der Waals surface area contributed by atoms with Gasteiger partial charge in [-0.3, -0.25) is 14.8 Å². The fourth-order valence-corrected chi connectivity index (χ4v) is 4.36. The fourth-order valence-electron chi connectivity index (χ4n) is 4.23. The number of aromatic hydroxyl groups is 1. The van der Waals surface area contributed by atoms with Gasteiger partial charge in [0.1, 0.15) is 5.69 Å². The number of nitrogens with zero attached hydrogens (tertiary/aromatic N) is 2. The van der Waals surface area contributed by atoms with Crippen molar-refractivity contribution in [2.75, 3.05) is 11.5 Å². The molecule has 0 spiro atoms. The molecule has 0 fully saturated rings. The summed E-state index contributed by atoms with van der Waals surface area (Å²) in [7, 11) is 0. The lowest BCUT2D eigenvalue weighted by molar-refractivity contribution is 0.0988. The average Bonchev–Trinajstić information content (AvgIpc) is 3.36. The van der Waals surface area contributed by atoms with Gasteiger partial charge in [-0.15, -0.1) is 0 Å². The molecular formula is C26H22ClN3O3. The van der Waals surface area contributed by atoms with Crippen LogP contribution in [0.15, 0.2) is 66.7 Å². The van der Waals surface area contributed by atoms with Gasteiger partial charge in [0, 0.05) is 21.8 Å². The van der Waals surface area contributed by atoms with Crippen molar-refractivity contribution in [3.05, 3.63) is 94.1 Å². The summed E-state index contributed by atoms with van der Waals surface area (Å²) in [6.45, 7) is 4.28. The summed E-state index contributed by atoms with van der Waals surface area (Å²) in [5.74, 6) is 0.256. The molecular weight excluding hydrogens is 438 g/mol. The van der Waals surface area contributed by atoms with E-state index in [1.165, 1.54) is 0 Å². The molecule has 6 nitrogen and oxygen atoms in total. The van der Waals surface area contributed by atoms with E-state index in [2.05, 4.69) is 10.2 Å². The fraction of sp³-hybridized carbons (Fsp3) is 0.154. The summed E-state index contributed by atoms with van der Waals surface area (Å²) in [5.41, 5.74) is 5.43. The largest absolute Gasteiger partial charge is 0.504 e. The van der Waals surface area contributed by atoms with Crippen LogP contribution in [0, 0.1) is 6.92 Å². The third kappa shape index (κ3) is 3.62. The number of carbonyl (C=O) groups is 1. The minimum atomic E-state index is -0.459. The van der Waals surface area contributed by atoms with Gasteiger partial charge in [-0.25, -0.2) is 0 Å². The zero-order valence-electron chi connectivity index (χ0n) is 18.2. The highest BCUT2D eigenvalue weighted by molar-refractivity contribution is 6.30. The molecule has 2 heterocycles. The van der Waals surface area contributed by atoms with Crippen LogP contribution in [0.3, 0.4) is 0 Å². The number of halogens is 1. The van der Waals surface area contributed by atoms with E-state index in [1.54, 1.807) is 29.2 Å². The van der Waals surface area contributed by atoms with Gasteiger partial charge in [-0.1, -0.05) is 47.5 Å². The number of aromatic amines is 1. The molecule has 1 amide bonds. The van der Waals surface area contributed by atoms with Crippen molar-refractivity contribution < 1.29 is 14.6 Å². The van der Waals surface area contributed by atoms with Crippen LogP contribution in [0.4, 0.5) is 5.69 Å². The number of ether oxygens (including phenoxy) is 1. The van der Waals surface area contributed by atoms with Crippen LogP contribution in [0.5, 0.6) is 11.5 Å². The third-order valence-corrected chi connectivity index (χ3v) is 6.05. The van der Waals surface area contributed by atoms with Gasteiger partial charge in [0.05, 0.1) is 18.3 Å². The topological polar surface area (TPSA) is 78.5 Å². The Morgan fingerprint density at radius 3 is 2.52 bits per heavy atom. The highest BCUT2D eigenvalue weighted by atomic mass is 35.5. The molecule has 1 aliphatic rings. The number of hydrogen-bond donors (Lipinski definition) is 2. The minimum Gasteiger partial charge on any atom is -0.504 e. The van der Waals surface area contributed by atoms with Crippen LogP contribution in [-0.4, -0.2) is 27.8 Å². The first-order valence-corrected chi connectivity index (χ1v) is 11.1. The number of aryl methyl sites for hydroxylation is 1. The summed E-state index contributed by atoms with van der Waals surface area (Å²) >= 11 is 6.09. The lowest BCUT2D eigenvalue weighted by Crippen LogP contribution is -2.29. The molecule has 1 atom stereocenters. The standard InChI is InChI=1S/C26H22ClN3O3/c1-3-33-21-14-17(8-13-20(21)31)25-22-23(16-6-9-18(27)10-7-16)28-29-24(22)26(32)30(25)19-11-4-15(2)5-12-19/h4-14,25,31H,3H2,1-2H3,(H,28,29)/t25-/m0/s1. The van der Waals surface area contributed by atoms with E-state index >= 15 is 0 Å². The van der Waals surface area contributed by atoms with Gasteiger partial charge in [0.2, 0.25) is 0 Å². The molecule has 0 saturated carbocycles. The predicted molar refractivity (Wildman–Crippen MR) is 128 cm³/mol. The van der Waals surface area contributed by atoms with Crippen molar-refractivity contribution in [3.8, 4) is 22.8 Å². The molecule has 3 aromatic carbocycles. The van der Waals surface area contributed by atoms with Crippen molar-refractivity contribution in [2.24, 2.45) is 0 Å². The highest BCUT2D eigenvalue weighted by Crippen LogP contribution is 2.46. The van der Waals surface area contributed by atoms with Crippen LogP contribution in [0.2, 0.25) is 5.02 Å². The summed E-state index contributed by atoms with van der Waals surface area (Å²) in [6, 6.07) is 19.9. The van der Waals surface area contributed by atoms with E-state index in [0.717, 1.165) is 27.9 Å². The minimum absolute atomic E-state index is 0.0529. The lowest BCUT2D eigenvalue weighted by atomic mass is 9.95. The SMILES string of the molecule is CCOc1cc([C@H]2c3c(-c4ccc(Cl)cc4)n[nH]c3C(=O)N2c2ccc(C)cc2)ccc1O. The number of rotatable bonds is 5. The Balaban J connectivity index is 1.72. The quantitative estimate of drug-likeness (QED) is 0.390. The number of amides is 1. The van der Waals surface area contributed by atoms with Gasteiger partial charge in [-0.2, -0.15) is 5.10 Å². The zero-order valence-corrected chi connectivity index (χ0v) is 18.9. The van der Waals surface area contributed by atoms with Gasteiger partial charge in [-0.05, 0) is 55.8 Å². The Hall–Kier alpha value is -3.77. The van der Waals surface area contributed by atoms with Crippen LogP contribution in [0.1, 0.15) is 40.1 Å². The number of carbonyl (C=O) groups excluding carboxylic acids is 1. The van der Waals surface area contributed by atoms with Crippen LogP contribution in [0.25, 0.3) is 11.3 Å². The number of nitrogens with one attached hydrogen (secondary N) is 1. The number of phenols is 1. The number of phenolic OH excluding ortho intramolecular Hbond substituents is 1. The van der Waals surface area contributed by atoms with Crippen molar-refractivity contribution >= 4 is 23.2 Å². The number of H-pyrrole nitrogens is 1. The molecule has 33 heavy (non-hydrogen) atoms. The van der Waals surface area contributed by atoms with Crippen molar-refractivity contribution in [3.63, 3.8) is 0 Å². The van der Waals surface area contributed by atoms with Crippen LogP contribution >= 0.6 is 11.6 Å². The maximum absolute atomic E-state index is 13.6. The molecule has 1 aromatic heterocycles. The molecule has 4 aromatic rings. The zero-order chi connectivity index (χ0) is 23.1. The van der Waals surface area contributed by atoms with Gasteiger partial charge in [0.15, 0.2) is 11.5 Å². The first-order valence-electron chi connectivity index (χ1n) is 10.7. The first-order chi connectivity index (χ1) is 16.0. The van der Waals surface area contributed by atoms with Crippen LogP contribution < -0.4 is 9.64 Å². The van der Waals surface area contributed by atoms with Crippen molar-refractivity contribution in [1.82, 2.24) is 10.2 Å². The summed E-state index contributed by atoms with van der Waals surface area (Å²) < 4.78 is 5.63. The van der Waals surface area contributed by atoms with E-state index in [-0.39, 0.29) is 11.7 Å². The van der Waals surface area contributed by atoms with Crippen molar-refractivity contribution in [1.29, 1.82) is 0 Å². The maximum atomic E-state index is 13.6. The number of fused-ring (bicyclic) bond motifs is 1. The Labute approximate surface area is 196 Å². The molecule has 1 aliphatic heterocycles. The number of hydrogen-bond acceptors (Lipinski definition) is 4. The number of benzene rings is 3. The predicted octanol–water partition coefficient (Wildman–Crippen LogP) is 5.89. The third-order valence-electron chi connectivity index (χ3n) is 5.80. The molecule has 2 N–H and O–H groups in total. The molecule has 7 heteroatoms. The second-order valence-electron chi connectivity index (χ2n) is 7.94. The molecule has 166 valence electrons. The monoisotopic (exact) mass is 459 g/mol. The van der Waals surface area contributed by atoms with E-state index in [0.29, 0.717) is 28.8 Å². The number of aromatic nitrogens is 2. The molecule has 0 aliphatic carbocycles. The molecule has 0 radical (unpaired) electrons. The Bertz CT molecular complexity index is 1330. The average molecular weight is 460 g/mol. The first kappa shape index (κ1) is 21.1. The van der Waals surface area contributed by atoms with E-state index < -0.39 is 6.04 Å².